The molecule has 35 heavy (non-hydrogen) atoms. The van der Waals surface area contributed by atoms with Gasteiger partial charge in [0.15, 0.2) is 0 Å². The van der Waals surface area contributed by atoms with Crippen molar-refractivity contribution in [2.75, 3.05) is 25.0 Å². The number of hydrogen-bond acceptors (Lipinski definition) is 4. The zero-order chi connectivity index (χ0) is 24.2. The minimum absolute atomic E-state index is 0.123. The molecule has 0 radical (unpaired) electrons. The number of carbonyl (C=O) groups excluding carboxylic acids is 3. The number of fused-ring (bicyclic) bond motifs is 1. The van der Waals surface area contributed by atoms with Crippen LogP contribution in [0.1, 0.15) is 24.8 Å². The molecule has 0 unspecified atom stereocenters. The third-order valence-electron chi connectivity index (χ3n) is 7.29. The zero-order valence-electron chi connectivity index (χ0n) is 19.4. The van der Waals surface area contributed by atoms with E-state index in [1.807, 2.05) is 60.7 Å². The Hall–Kier alpha value is -4.14. The van der Waals surface area contributed by atoms with E-state index < -0.39 is 5.54 Å². The summed E-state index contributed by atoms with van der Waals surface area (Å²) in [6, 6.07) is 20.5. The molecule has 5 amide bonds. The smallest absolute Gasteiger partial charge is 0.320 e. The molecule has 6 rings (SSSR count). The Kier molecular flexibility index (Phi) is 4.87. The van der Waals surface area contributed by atoms with Crippen molar-refractivity contribution in [3.63, 3.8) is 0 Å². The number of amides is 5. The number of imide groups is 1. The van der Waals surface area contributed by atoms with E-state index in [9.17, 15) is 14.4 Å². The molecule has 9 nitrogen and oxygen atoms in total. The Balaban J connectivity index is 1.17. The molecule has 3 atom stereocenters. The van der Waals surface area contributed by atoms with Crippen LogP contribution < -0.4 is 5.32 Å². The molecular formula is C26H26N6O3. The molecule has 3 heterocycles. The number of rotatable bonds is 4. The molecule has 3 fully saturated rings. The van der Waals surface area contributed by atoms with Gasteiger partial charge in [-0.2, -0.15) is 5.10 Å². The van der Waals surface area contributed by atoms with E-state index >= 15 is 0 Å². The van der Waals surface area contributed by atoms with E-state index in [-0.39, 0.29) is 36.5 Å². The minimum Gasteiger partial charge on any atom is -0.320 e. The van der Waals surface area contributed by atoms with Gasteiger partial charge in [0.1, 0.15) is 11.4 Å². The number of anilines is 1. The van der Waals surface area contributed by atoms with E-state index in [0.717, 1.165) is 17.7 Å². The molecule has 3 aromatic rings. The summed E-state index contributed by atoms with van der Waals surface area (Å²) in [6.07, 6.45) is 2.40. The topological polar surface area (TPSA) is 90.8 Å². The molecule has 2 aromatic carbocycles. The van der Waals surface area contributed by atoms with Crippen LogP contribution >= 0.6 is 0 Å². The van der Waals surface area contributed by atoms with Crippen molar-refractivity contribution < 1.29 is 14.4 Å². The van der Waals surface area contributed by atoms with Gasteiger partial charge >= 0.3 is 12.1 Å². The van der Waals surface area contributed by atoms with Gasteiger partial charge in [0.2, 0.25) is 0 Å². The second kappa shape index (κ2) is 7.97. The summed E-state index contributed by atoms with van der Waals surface area (Å²) in [5.41, 5.74) is 0.897. The van der Waals surface area contributed by atoms with Gasteiger partial charge in [-0.25, -0.2) is 14.3 Å². The maximum atomic E-state index is 13.5. The van der Waals surface area contributed by atoms with Gasteiger partial charge in [0.25, 0.3) is 5.91 Å². The quantitative estimate of drug-likeness (QED) is 0.593. The van der Waals surface area contributed by atoms with Gasteiger partial charge in [-0.05, 0) is 31.0 Å². The van der Waals surface area contributed by atoms with Crippen molar-refractivity contribution in [3.05, 3.63) is 78.5 Å². The first kappa shape index (κ1) is 21.4. The van der Waals surface area contributed by atoms with Gasteiger partial charge in [0.05, 0.1) is 18.4 Å². The lowest BCUT2D eigenvalue weighted by Gasteiger charge is -2.42. The van der Waals surface area contributed by atoms with Crippen LogP contribution in [-0.2, 0) is 4.79 Å². The number of aromatic nitrogens is 2. The highest BCUT2D eigenvalue weighted by atomic mass is 16.2. The fourth-order valence-electron chi connectivity index (χ4n) is 5.32. The fraction of sp³-hybridized carbons (Fsp3) is 0.308. The van der Waals surface area contributed by atoms with Crippen molar-refractivity contribution in [1.29, 1.82) is 0 Å². The maximum absolute atomic E-state index is 13.5. The van der Waals surface area contributed by atoms with Crippen LogP contribution in [0.4, 0.5) is 15.4 Å². The van der Waals surface area contributed by atoms with Crippen molar-refractivity contribution in [3.8, 4) is 5.69 Å². The molecule has 1 saturated carbocycles. The molecule has 1 aromatic heterocycles. The highest BCUT2D eigenvalue weighted by Crippen LogP contribution is 2.48. The molecule has 1 aliphatic carbocycles. The minimum atomic E-state index is -1.07. The highest BCUT2D eigenvalue weighted by Gasteiger charge is 2.62. The number of carbonyl (C=O) groups is 3. The van der Waals surface area contributed by atoms with Crippen LogP contribution in [0.15, 0.2) is 72.9 Å². The Labute approximate surface area is 202 Å². The van der Waals surface area contributed by atoms with Crippen LogP contribution in [0.3, 0.4) is 0 Å². The summed E-state index contributed by atoms with van der Waals surface area (Å²) in [4.78, 5) is 44.6. The fourth-order valence-corrected chi connectivity index (χ4v) is 5.32. The summed E-state index contributed by atoms with van der Waals surface area (Å²) >= 11 is 0. The number of para-hydroxylation sites is 1. The molecule has 1 N–H and O–H groups in total. The van der Waals surface area contributed by atoms with E-state index in [0.29, 0.717) is 18.9 Å². The first-order chi connectivity index (χ1) is 17.0. The predicted molar refractivity (Wildman–Crippen MR) is 129 cm³/mol. The zero-order valence-corrected chi connectivity index (χ0v) is 19.4. The maximum Gasteiger partial charge on any atom is 0.328 e. The van der Waals surface area contributed by atoms with Crippen LogP contribution in [-0.4, -0.2) is 73.7 Å². The molecular weight excluding hydrogens is 444 g/mol. The van der Waals surface area contributed by atoms with Gasteiger partial charge in [-0.15, -0.1) is 0 Å². The van der Waals surface area contributed by atoms with E-state index in [1.165, 1.54) is 4.90 Å². The molecule has 2 aliphatic heterocycles. The second-order valence-corrected chi connectivity index (χ2v) is 9.52. The molecule has 3 aliphatic rings. The first-order valence-corrected chi connectivity index (χ1v) is 11.8. The number of hydrogen-bond donors (Lipinski definition) is 1. The summed E-state index contributed by atoms with van der Waals surface area (Å²) in [5.74, 6) is 0.484. The molecule has 0 spiro atoms. The third-order valence-corrected chi connectivity index (χ3v) is 7.29. The van der Waals surface area contributed by atoms with Crippen molar-refractivity contribution >= 4 is 23.8 Å². The van der Waals surface area contributed by atoms with Crippen molar-refractivity contribution in [1.82, 2.24) is 24.5 Å². The summed E-state index contributed by atoms with van der Waals surface area (Å²) in [7, 11) is 0. The lowest BCUT2D eigenvalue weighted by atomic mass is 9.97. The Morgan fingerprint density at radius 3 is 2.46 bits per heavy atom. The highest BCUT2D eigenvalue weighted by molar-refractivity contribution is 6.08. The Bertz CT molecular complexity index is 1290. The van der Waals surface area contributed by atoms with Gasteiger partial charge in [-0.3, -0.25) is 15.0 Å². The van der Waals surface area contributed by atoms with Crippen LogP contribution in [0.2, 0.25) is 0 Å². The number of nitrogens with zero attached hydrogens (tertiary/aromatic N) is 5. The van der Waals surface area contributed by atoms with Crippen LogP contribution in [0, 0.1) is 0 Å². The summed E-state index contributed by atoms with van der Waals surface area (Å²) < 4.78 is 1.65. The van der Waals surface area contributed by atoms with Crippen molar-refractivity contribution in [2.24, 2.45) is 0 Å². The monoisotopic (exact) mass is 470 g/mol. The largest absolute Gasteiger partial charge is 0.328 e. The van der Waals surface area contributed by atoms with Crippen LogP contribution in [0.5, 0.6) is 0 Å². The molecule has 0 bridgehead atoms. The van der Waals surface area contributed by atoms with E-state index in [4.69, 9.17) is 0 Å². The normalized spacial score (nSPS) is 25.6. The molecule has 9 heteroatoms. The van der Waals surface area contributed by atoms with Crippen LogP contribution in [0.25, 0.3) is 5.69 Å². The Morgan fingerprint density at radius 1 is 1.00 bits per heavy atom. The summed E-state index contributed by atoms with van der Waals surface area (Å²) in [5, 5.41) is 7.23. The van der Waals surface area contributed by atoms with Crippen molar-refractivity contribution in [2.45, 2.75) is 30.8 Å². The predicted octanol–water partition coefficient (Wildman–Crippen LogP) is 3.30. The number of piperazine rings is 1. The van der Waals surface area contributed by atoms with E-state index in [1.54, 1.807) is 33.7 Å². The molecule has 178 valence electrons. The molecule has 2 saturated heterocycles. The number of nitrogens with one attached hydrogen (secondary N) is 1. The lowest BCUT2D eigenvalue weighted by molar-refractivity contribution is -0.134. The lowest BCUT2D eigenvalue weighted by Crippen LogP contribution is -2.62. The standard InChI is InChI=1S/C26H26N6O3/c1-26-17-29(24(34)28-22-12-13-27-32(22)19-10-6-3-7-11-19)14-15-30(26)25(35)31(23(26)33)21-16-20(21)18-8-4-2-5-9-18/h2-13,20-21H,14-17H2,1H3,(H,28,34)/t20-,21+,26+/m1/s1. The SMILES string of the molecule is C[C@@]12CN(C(=O)Nc3ccnn3-c3ccccc3)CCN1C(=O)N([C@H]1C[C@@H]1c1ccccc1)C2=O. The number of benzene rings is 2. The third kappa shape index (κ3) is 3.46. The van der Waals surface area contributed by atoms with Gasteiger partial charge in [-0.1, -0.05) is 48.5 Å². The first-order valence-electron chi connectivity index (χ1n) is 11.8. The second-order valence-electron chi connectivity index (χ2n) is 9.52. The van der Waals surface area contributed by atoms with Gasteiger partial charge < -0.3 is 9.80 Å². The summed E-state index contributed by atoms with van der Waals surface area (Å²) in [6.45, 7) is 2.56. The van der Waals surface area contributed by atoms with Gasteiger partial charge in [0, 0.05) is 31.1 Å². The Morgan fingerprint density at radius 2 is 1.71 bits per heavy atom. The average Bonchev–Trinajstić information content (AvgIpc) is 3.47. The van der Waals surface area contributed by atoms with E-state index in [2.05, 4.69) is 10.4 Å². The average molecular weight is 471 g/mol. The number of urea groups is 2.